The molecule has 0 aliphatic rings. The standard InChI is InChI=1S/C15H10ClFO4/c1-20-15(19)10-6-11(21-8-10)3-5-14(18)9-2-4-13(17)12(16)7-9/h2-8H,1H3/b5-3+. The summed E-state index contributed by atoms with van der Waals surface area (Å²) in [6.07, 6.45) is 3.86. The normalized spacial score (nSPS) is 10.8. The number of benzene rings is 1. The van der Waals surface area contributed by atoms with Crippen LogP contribution in [0.5, 0.6) is 0 Å². The largest absolute Gasteiger partial charge is 0.465 e. The van der Waals surface area contributed by atoms with Crippen LogP contribution in [0.1, 0.15) is 26.5 Å². The summed E-state index contributed by atoms with van der Waals surface area (Å²) < 4.78 is 22.6. The summed E-state index contributed by atoms with van der Waals surface area (Å²) in [5, 5.41) is -0.125. The quantitative estimate of drug-likeness (QED) is 0.490. The van der Waals surface area contributed by atoms with E-state index in [1.807, 2.05) is 0 Å². The first-order chi connectivity index (χ1) is 10.0. The van der Waals surface area contributed by atoms with E-state index in [9.17, 15) is 14.0 Å². The minimum atomic E-state index is -0.592. The van der Waals surface area contributed by atoms with Crippen LogP contribution in [0.15, 0.2) is 41.0 Å². The van der Waals surface area contributed by atoms with Gasteiger partial charge < -0.3 is 9.15 Å². The smallest absolute Gasteiger partial charge is 0.341 e. The van der Waals surface area contributed by atoms with Crippen molar-refractivity contribution in [3.8, 4) is 0 Å². The summed E-state index contributed by atoms with van der Waals surface area (Å²) >= 11 is 5.61. The first-order valence-corrected chi connectivity index (χ1v) is 6.23. The highest BCUT2D eigenvalue weighted by atomic mass is 35.5. The number of ether oxygens (including phenoxy) is 1. The van der Waals surface area contributed by atoms with Crippen LogP contribution in [0.3, 0.4) is 0 Å². The maximum atomic E-state index is 13.0. The molecule has 1 heterocycles. The predicted molar refractivity (Wildman–Crippen MR) is 74.8 cm³/mol. The van der Waals surface area contributed by atoms with Crippen LogP contribution in [0.4, 0.5) is 4.39 Å². The van der Waals surface area contributed by atoms with E-state index < -0.39 is 11.8 Å². The van der Waals surface area contributed by atoms with Gasteiger partial charge in [0.1, 0.15) is 17.8 Å². The summed E-state index contributed by atoms with van der Waals surface area (Å²) in [7, 11) is 1.26. The molecule has 0 bridgehead atoms. The first-order valence-electron chi connectivity index (χ1n) is 5.85. The second-order valence-electron chi connectivity index (χ2n) is 4.06. The van der Waals surface area contributed by atoms with Gasteiger partial charge in [0, 0.05) is 5.56 Å². The van der Waals surface area contributed by atoms with Crippen LogP contribution in [-0.4, -0.2) is 18.9 Å². The Morgan fingerprint density at radius 3 is 2.71 bits per heavy atom. The van der Waals surface area contributed by atoms with Crippen molar-refractivity contribution in [1.82, 2.24) is 0 Å². The Labute approximate surface area is 124 Å². The summed E-state index contributed by atoms with van der Waals surface area (Å²) in [5.74, 6) is -1.18. The zero-order chi connectivity index (χ0) is 15.4. The number of carbonyl (C=O) groups excluding carboxylic acids is 2. The van der Waals surface area contributed by atoms with Crippen molar-refractivity contribution in [1.29, 1.82) is 0 Å². The Hall–Kier alpha value is -2.40. The minimum absolute atomic E-state index is 0.125. The highest BCUT2D eigenvalue weighted by Gasteiger charge is 2.09. The molecular weight excluding hydrogens is 299 g/mol. The zero-order valence-electron chi connectivity index (χ0n) is 10.9. The number of esters is 1. The second kappa shape index (κ2) is 6.37. The van der Waals surface area contributed by atoms with Crippen LogP contribution in [0.2, 0.25) is 5.02 Å². The number of rotatable bonds is 4. The lowest BCUT2D eigenvalue weighted by molar-refractivity contribution is 0.0600. The van der Waals surface area contributed by atoms with Gasteiger partial charge in [0.05, 0.1) is 17.7 Å². The third kappa shape index (κ3) is 3.58. The van der Waals surface area contributed by atoms with Gasteiger partial charge in [-0.1, -0.05) is 11.6 Å². The van der Waals surface area contributed by atoms with E-state index in [2.05, 4.69) is 4.74 Å². The lowest BCUT2D eigenvalue weighted by Gasteiger charge is -1.97. The molecule has 0 spiro atoms. The molecule has 6 heteroatoms. The maximum Gasteiger partial charge on any atom is 0.341 e. The number of allylic oxidation sites excluding steroid dienone is 1. The predicted octanol–water partition coefficient (Wildman–Crippen LogP) is 3.75. The molecule has 2 rings (SSSR count). The van der Waals surface area contributed by atoms with E-state index in [-0.39, 0.29) is 21.9 Å². The topological polar surface area (TPSA) is 56.5 Å². The Balaban J connectivity index is 2.13. The van der Waals surface area contributed by atoms with Gasteiger partial charge in [-0.3, -0.25) is 4.79 Å². The van der Waals surface area contributed by atoms with Gasteiger partial charge in [-0.05, 0) is 36.4 Å². The Morgan fingerprint density at radius 2 is 2.05 bits per heavy atom. The van der Waals surface area contributed by atoms with E-state index in [0.29, 0.717) is 5.76 Å². The molecule has 108 valence electrons. The van der Waals surface area contributed by atoms with Crippen LogP contribution in [0, 0.1) is 5.82 Å². The van der Waals surface area contributed by atoms with E-state index in [4.69, 9.17) is 16.0 Å². The molecule has 0 amide bonds. The molecule has 0 unspecified atom stereocenters. The number of carbonyl (C=O) groups is 2. The molecule has 0 aliphatic heterocycles. The average molecular weight is 309 g/mol. The summed E-state index contributed by atoms with van der Waals surface area (Å²) in [5.41, 5.74) is 0.492. The van der Waals surface area contributed by atoms with Crippen molar-refractivity contribution in [2.24, 2.45) is 0 Å². The van der Waals surface area contributed by atoms with Gasteiger partial charge in [-0.15, -0.1) is 0 Å². The van der Waals surface area contributed by atoms with Gasteiger partial charge in [0.15, 0.2) is 5.78 Å². The van der Waals surface area contributed by atoms with Crippen molar-refractivity contribution >= 4 is 29.4 Å². The number of furan rings is 1. The van der Waals surface area contributed by atoms with E-state index in [0.717, 1.165) is 6.07 Å². The molecule has 0 N–H and O–H groups in total. The van der Waals surface area contributed by atoms with Gasteiger partial charge in [-0.2, -0.15) is 0 Å². The highest BCUT2D eigenvalue weighted by Crippen LogP contribution is 2.17. The Bertz CT molecular complexity index is 718. The molecule has 0 radical (unpaired) electrons. The van der Waals surface area contributed by atoms with Crippen molar-refractivity contribution in [3.05, 3.63) is 64.3 Å². The number of ketones is 1. The van der Waals surface area contributed by atoms with Crippen LogP contribution >= 0.6 is 11.6 Å². The molecule has 0 aliphatic carbocycles. The van der Waals surface area contributed by atoms with Crippen LogP contribution in [0.25, 0.3) is 6.08 Å². The summed E-state index contributed by atoms with van der Waals surface area (Å²) in [4.78, 5) is 23.1. The second-order valence-corrected chi connectivity index (χ2v) is 4.46. The molecule has 0 atom stereocenters. The fourth-order valence-corrected chi connectivity index (χ4v) is 1.75. The number of hydrogen-bond acceptors (Lipinski definition) is 4. The molecular formula is C15H10ClFO4. The van der Waals surface area contributed by atoms with E-state index in [1.54, 1.807) is 0 Å². The Morgan fingerprint density at radius 1 is 1.29 bits per heavy atom. The minimum Gasteiger partial charge on any atom is -0.465 e. The van der Waals surface area contributed by atoms with Crippen LogP contribution < -0.4 is 0 Å². The lowest BCUT2D eigenvalue weighted by Crippen LogP contribution is -1.98. The third-order valence-corrected chi connectivity index (χ3v) is 2.93. The number of methoxy groups -OCH3 is 1. The molecule has 1 aromatic heterocycles. The molecule has 0 fully saturated rings. The molecule has 2 aromatic rings. The van der Waals surface area contributed by atoms with E-state index >= 15 is 0 Å². The van der Waals surface area contributed by atoms with Crippen molar-refractivity contribution < 1.29 is 23.1 Å². The zero-order valence-corrected chi connectivity index (χ0v) is 11.7. The van der Waals surface area contributed by atoms with Crippen molar-refractivity contribution in [3.63, 3.8) is 0 Å². The number of halogens is 2. The van der Waals surface area contributed by atoms with Gasteiger partial charge in [0.25, 0.3) is 0 Å². The first kappa shape index (κ1) is 15.0. The fourth-order valence-electron chi connectivity index (χ4n) is 1.57. The highest BCUT2D eigenvalue weighted by molar-refractivity contribution is 6.31. The SMILES string of the molecule is COC(=O)c1coc(/C=C/C(=O)c2ccc(F)c(Cl)c2)c1. The van der Waals surface area contributed by atoms with Gasteiger partial charge >= 0.3 is 5.97 Å². The molecule has 1 aromatic carbocycles. The van der Waals surface area contributed by atoms with Crippen molar-refractivity contribution in [2.75, 3.05) is 7.11 Å². The molecule has 21 heavy (non-hydrogen) atoms. The third-order valence-electron chi connectivity index (χ3n) is 2.64. The summed E-state index contributed by atoms with van der Waals surface area (Å²) in [6.45, 7) is 0. The molecule has 4 nitrogen and oxygen atoms in total. The maximum absolute atomic E-state index is 13.0. The number of hydrogen-bond donors (Lipinski definition) is 0. The van der Waals surface area contributed by atoms with Gasteiger partial charge in [-0.25, -0.2) is 9.18 Å². The summed E-state index contributed by atoms with van der Waals surface area (Å²) in [6, 6.07) is 5.13. The van der Waals surface area contributed by atoms with Crippen molar-refractivity contribution in [2.45, 2.75) is 0 Å². The Kier molecular flexibility index (Phi) is 4.55. The fraction of sp³-hybridized carbons (Fsp3) is 0.0667. The monoisotopic (exact) mass is 308 g/mol. The molecule has 0 saturated carbocycles. The lowest BCUT2D eigenvalue weighted by atomic mass is 10.1. The van der Waals surface area contributed by atoms with Gasteiger partial charge in [0.2, 0.25) is 0 Å². The van der Waals surface area contributed by atoms with E-state index in [1.165, 1.54) is 43.7 Å². The average Bonchev–Trinajstić information content (AvgIpc) is 2.95. The van der Waals surface area contributed by atoms with Crippen LogP contribution in [-0.2, 0) is 4.74 Å². The molecule has 0 saturated heterocycles.